The number of hydrazone groups is 1. The third-order valence-corrected chi connectivity index (χ3v) is 2.20. The Morgan fingerprint density at radius 2 is 2.19 bits per heavy atom. The lowest BCUT2D eigenvalue weighted by Crippen LogP contribution is -2.08. The number of hydrogen-bond acceptors (Lipinski definition) is 4. The molecule has 5 nitrogen and oxygen atoms in total. The first-order valence-electron chi connectivity index (χ1n) is 4.94. The van der Waals surface area contributed by atoms with Gasteiger partial charge in [0.15, 0.2) is 5.58 Å². The van der Waals surface area contributed by atoms with Crippen LogP contribution < -0.4 is 11.2 Å². The molecule has 84 valence electrons. The zero-order chi connectivity index (χ0) is 11.7. The van der Waals surface area contributed by atoms with Gasteiger partial charge >= 0.3 is 5.76 Å². The fourth-order valence-corrected chi connectivity index (χ4v) is 1.37. The van der Waals surface area contributed by atoms with Crippen LogP contribution in [0.4, 0.5) is 5.69 Å². The third-order valence-electron chi connectivity index (χ3n) is 2.20. The molecule has 0 amide bonds. The van der Waals surface area contributed by atoms with E-state index in [2.05, 4.69) is 10.5 Å². The van der Waals surface area contributed by atoms with Crippen molar-refractivity contribution in [1.82, 2.24) is 4.57 Å². The second-order valence-electron chi connectivity index (χ2n) is 3.78. The lowest BCUT2D eigenvalue weighted by atomic mass is 10.3. The van der Waals surface area contributed by atoms with Crippen LogP contribution in [0.5, 0.6) is 0 Å². The molecule has 0 unspecified atom stereocenters. The molecule has 16 heavy (non-hydrogen) atoms. The Morgan fingerprint density at radius 3 is 2.88 bits per heavy atom. The van der Waals surface area contributed by atoms with Crippen molar-refractivity contribution in [3.63, 3.8) is 0 Å². The fourth-order valence-electron chi connectivity index (χ4n) is 1.37. The largest absolute Gasteiger partial charge is 0.419 e. The van der Waals surface area contributed by atoms with Crippen molar-refractivity contribution in [2.75, 3.05) is 5.43 Å². The molecule has 1 N–H and O–H groups in total. The summed E-state index contributed by atoms with van der Waals surface area (Å²) in [5, 5.41) is 4.09. The van der Waals surface area contributed by atoms with Gasteiger partial charge in [0, 0.05) is 12.8 Å². The Bertz CT molecular complexity index is 603. The molecule has 0 radical (unpaired) electrons. The summed E-state index contributed by atoms with van der Waals surface area (Å²) in [7, 11) is 1.67. The van der Waals surface area contributed by atoms with Gasteiger partial charge in [0.2, 0.25) is 0 Å². The van der Waals surface area contributed by atoms with E-state index in [-0.39, 0.29) is 5.76 Å². The second kappa shape index (κ2) is 3.84. The molecule has 0 saturated carbocycles. The van der Waals surface area contributed by atoms with Crippen molar-refractivity contribution in [3.05, 3.63) is 28.7 Å². The number of rotatable bonds is 2. The Kier molecular flexibility index (Phi) is 2.52. The predicted molar refractivity (Wildman–Crippen MR) is 63.9 cm³/mol. The minimum Gasteiger partial charge on any atom is -0.408 e. The zero-order valence-corrected chi connectivity index (χ0v) is 9.44. The first kappa shape index (κ1) is 10.5. The van der Waals surface area contributed by atoms with Crippen LogP contribution in [0, 0.1) is 0 Å². The van der Waals surface area contributed by atoms with Gasteiger partial charge in [0.1, 0.15) is 0 Å². The second-order valence-corrected chi connectivity index (χ2v) is 3.78. The first-order valence-corrected chi connectivity index (χ1v) is 4.94. The van der Waals surface area contributed by atoms with E-state index in [9.17, 15) is 4.79 Å². The summed E-state index contributed by atoms with van der Waals surface area (Å²) in [6, 6.07) is 5.39. The maximum absolute atomic E-state index is 11.3. The van der Waals surface area contributed by atoms with E-state index in [1.165, 1.54) is 4.57 Å². The van der Waals surface area contributed by atoms with Crippen molar-refractivity contribution < 1.29 is 4.42 Å². The van der Waals surface area contributed by atoms with Crippen molar-refractivity contribution in [3.8, 4) is 0 Å². The Labute approximate surface area is 92.4 Å². The smallest absolute Gasteiger partial charge is 0.408 e. The number of aromatic nitrogens is 1. The first-order chi connectivity index (χ1) is 7.58. The van der Waals surface area contributed by atoms with Gasteiger partial charge in [-0.3, -0.25) is 9.99 Å². The van der Waals surface area contributed by atoms with Crippen molar-refractivity contribution in [2.24, 2.45) is 12.1 Å². The number of fused-ring (bicyclic) bond motifs is 1. The van der Waals surface area contributed by atoms with Crippen molar-refractivity contribution >= 4 is 22.5 Å². The molecule has 0 aliphatic heterocycles. The van der Waals surface area contributed by atoms with Gasteiger partial charge < -0.3 is 4.42 Å². The average Bonchev–Trinajstić information content (AvgIpc) is 2.52. The number of nitrogens with one attached hydrogen (secondary N) is 1. The maximum Gasteiger partial charge on any atom is 0.419 e. The SMILES string of the molecule is CC(C)=NNc1ccc2oc(=O)n(C)c2c1. The highest BCUT2D eigenvalue weighted by molar-refractivity contribution is 5.81. The van der Waals surface area contributed by atoms with Crippen LogP contribution in [-0.4, -0.2) is 10.3 Å². The van der Waals surface area contributed by atoms with Crippen LogP contribution in [0.2, 0.25) is 0 Å². The number of benzene rings is 1. The molecular formula is C11H13N3O2. The number of nitrogens with zero attached hydrogens (tertiary/aromatic N) is 2. The van der Waals surface area contributed by atoms with E-state index in [1.807, 2.05) is 26.0 Å². The third kappa shape index (κ3) is 1.84. The van der Waals surface area contributed by atoms with Crippen LogP contribution in [0.25, 0.3) is 11.1 Å². The minimum absolute atomic E-state index is 0.359. The van der Waals surface area contributed by atoms with E-state index in [0.29, 0.717) is 5.58 Å². The van der Waals surface area contributed by atoms with E-state index >= 15 is 0 Å². The molecule has 0 bridgehead atoms. The highest BCUT2D eigenvalue weighted by Gasteiger charge is 2.05. The Balaban J connectivity index is 2.47. The van der Waals surface area contributed by atoms with Gasteiger partial charge in [-0.25, -0.2) is 4.79 Å². The molecule has 0 atom stereocenters. The minimum atomic E-state index is -0.359. The maximum atomic E-state index is 11.3. The lowest BCUT2D eigenvalue weighted by Gasteiger charge is -2.00. The highest BCUT2D eigenvalue weighted by atomic mass is 16.4. The van der Waals surface area contributed by atoms with Crippen LogP contribution in [0.15, 0.2) is 32.5 Å². The standard InChI is InChI=1S/C11H13N3O2/c1-7(2)12-13-8-4-5-10-9(6-8)14(3)11(15)16-10/h4-6,13H,1-3H3. The topological polar surface area (TPSA) is 59.5 Å². The van der Waals surface area contributed by atoms with E-state index in [0.717, 1.165) is 16.9 Å². The van der Waals surface area contributed by atoms with Gasteiger partial charge in [0.25, 0.3) is 0 Å². The Hall–Kier alpha value is -2.04. The van der Waals surface area contributed by atoms with Crippen molar-refractivity contribution in [2.45, 2.75) is 13.8 Å². The number of aryl methyl sites for hydroxylation is 1. The normalized spacial score (nSPS) is 10.4. The summed E-state index contributed by atoms with van der Waals surface area (Å²) in [5.74, 6) is -0.359. The van der Waals surface area contributed by atoms with Gasteiger partial charge in [-0.15, -0.1) is 0 Å². The van der Waals surface area contributed by atoms with Gasteiger partial charge in [0.05, 0.1) is 11.2 Å². The summed E-state index contributed by atoms with van der Waals surface area (Å²) in [5.41, 5.74) is 5.99. The summed E-state index contributed by atoms with van der Waals surface area (Å²) in [4.78, 5) is 11.3. The monoisotopic (exact) mass is 219 g/mol. The average molecular weight is 219 g/mol. The molecule has 5 heteroatoms. The molecule has 1 aromatic heterocycles. The predicted octanol–water partition coefficient (Wildman–Crippen LogP) is 1.94. The van der Waals surface area contributed by atoms with Gasteiger partial charge in [-0.05, 0) is 32.0 Å². The molecule has 0 aliphatic rings. The van der Waals surface area contributed by atoms with E-state index < -0.39 is 0 Å². The quantitative estimate of drug-likeness (QED) is 0.620. The molecule has 1 aromatic carbocycles. The number of hydrogen-bond donors (Lipinski definition) is 1. The van der Waals surface area contributed by atoms with Crippen LogP contribution in [0.1, 0.15) is 13.8 Å². The van der Waals surface area contributed by atoms with Crippen LogP contribution >= 0.6 is 0 Å². The Morgan fingerprint density at radius 1 is 1.44 bits per heavy atom. The molecule has 0 aliphatic carbocycles. The molecule has 0 spiro atoms. The highest BCUT2D eigenvalue weighted by Crippen LogP contribution is 2.17. The fraction of sp³-hybridized carbons (Fsp3) is 0.273. The molecule has 0 fully saturated rings. The summed E-state index contributed by atoms with van der Waals surface area (Å²) < 4.78 is 6.48. The van der Waals surface area contributed by atoms with Gasteiger partial charge in [-0.2, -0.15) is 5.10 Å². The number of oxazole rings is 1. The molecule has 2 aromatic rings. The van der Waals surface area contributed by atoms with Crippen molar-refractivity contribution in [1.29, 1.82) is 0 Å². The summed E-state index contributed by atoms with van der Waals surface area (Å²) in [6.45, 7) is 3.80. The van der Waals surface area contributed by atoms with Crippen LogP contribution in [0.3, 0.4) is 0 Å². The summed E-state index contributed by atoms with van der Waals surface area (Å²) >= 11 is 0. The molecule has 2 rings (SSSR count). The molecule has 0 saturated heterocycles. The molecular weight excluding hydrogens is 206 g/mol. The van der Waals surface area contributed by atoms with Crippen LogP contribution in [-0.2, 0) is 7.05 Å². The molecule has 1 heterocycles. The van der Waals surface area contributed by atoms with E-state index in [4.69, 9.17) is 4.42 Å². The van der Waals surface area contributed by atoms with Gasteiger partial charge in [-0.1, -0.05) is 0 Å². The summed E-state index contributed by atoms with van der Waals surface area (Å²) in [6.07, 6.45) is 0. The van der Waals surface area contributed by atoms with E-state index in [1.54, 1.807) is 13.1 Å². The lowest BCUT2D eigenvalue weighted by molar-refractivity contribution is 0.528. The number of anilines is 1. The zero-order valence-electron chi connectivity index (χ0n) is 9.44.